The van der Waals surface area contributed by atoms with Crippen LogP contribution >= 0.6 is 26.8 Å². The molecule has 0 radical (unpaired) electrons. The van der Waals surface area contributed by atoms with Crippen molar-refractivity contribution in [2.75, 3.05) is 5.88 Å². The Morgan fingerprint density at radius 3 is 1.81 bits per heavy atom. The number of rotatable bonds is 6. The smallest absolute Gasteiger partial charge is 0.340 e. The van der Waals surface area contributed by atoms with Gasteiger partial charge in [0.2, 0.25) is 0 Å². The average Bonchev–Trinajstić information content (AvgIpc) is 1.99. The second-order valence-electron chi connectivity index (χ2n) is 3.83. The van der Waals surface area contributed by atoms with Crippen molar-refractivity contribution in [2.45, 2.75) is 30.8 Å². The lowest BCUT2D eigenvalue weighted by Gasteiger charge is -2.24. The molecule has 0 aromatic heterocycles. The van der Waals surface area contributed by atoms with Gasteiger partial charge >= 0.3 is 15.2 Å². The van der Waals surface area contributed by atoms with Gasteiger partial charge in [-0.15, -0.1) is 11.6 Å². The number of alkyl halides is 1. The number of hydrogen-bond donors (Lipinski definition) is 5. The zero-order chi connectivity index (χ0) is 13.2. The van der Waals surface area contributed by atoms with E-state index >= 15 is 0 Å². The molecule has 7 nitrogen and oxygen atoms in total. The molecule has 1 atom stereocenters. The highest BCUT2D eigenvalue weighted by atomic mass is 35.5. The van der Waals surface area contributed by atoms with Gasteiger partial charge in [0.25, 0.3) is 0 Å². The van der Waals surface area contributed by atoms with Crippen LogP contribution in [0.3, 0.4) is 0 Å². The summed E-state index contributed by atoms with van der Waals surface area (Å²) in [4.78, 5) is 35.1. The Labute approximate surface area is 97.8 Å². The molecular formula is C6H15ClO7P2. The summed E-state index contributed by atoms with van der Waals surface area (Å²) in [6, 6.07) is 0. The molecule has 10 heteroatoms. The van der Waals surface area contributed by atoms with Crippen LogP contribution in [0.2, 0.25) is 0 Å². The van der Waals surface area contributed by atoms with Crippen LogP contribution in [0.15, 0.2) is 0 Å². The third-order valence-electron chi connectivity index (χ3n) is 2.01. The standard InChI is InChI=1S/C6H15ClO7P2/c1-6(8,4-7)3-2-5(15(9,10)11)16(12,13)14/h5,8H,2-4H2,1H3,(H2,9,10,11)(H2,12,13,14). The van der Waals surface area contributed by atoms with Crippen LogP contribution in [0.1, 0.15) is 19.8 Å². The number of halogens is 1. The molecule has 0 aliphatic heterocycles. The Hall–Kier alpha value is 0.550. The highest BCUT2D eigenvalue weighted by Gasteiger charge is 2.43. The molecule has 16 heavy (non-hydrogen) atoms. The molecular weight excluding hydrogens is 281 g/mol. The maximum atomic E-state index is 10.9. The summed E-state index contributed by atoms with van der Waals surface area (Å²) in [5.41, 5.74) is -1.41. The summed E-state index contributed by atoms with van der Waals surface area (Å²) in [6.45, 7) is 1.32. The van der Waals surface area contributed by atoms with Crippen molar-refractivity contribution in [1.29, 1.82) is 0 Å². The summed E-state index contributed by atoms with van der Waals surface area (Å²) in [6.07, 6.45) is -0.717. The van der Waals surface area contributed by atoms with Crippen LogP contribution in [-0.4, -0.2) is 41.6 Å². The van der Waals surface area contributed by atoms with Crippen molar-refractivity contribution >= 4 is 26.8 Å². The van der Waals surface area contributed by atoms with Crippen LogP contribution in [0.25, 0.3) is 0 Å². The van der Waals surface area contributed by atoms with Gasteiger partial charge in [-0.05, 0) is 19.8 Å². The van der Waals surface area contributed by atoms with Crippen molar-refractivity contribution in [3.05, 3.63) is 0 Å². The first kappa shape index (κ1) is 16.6. The third kappa shape index (κ3) is 5.75. The number of aliphatic hydroxyl groups is 1. The summed E-state index contributed by atoms with van der Waals surface area (Å²) in [7, 11) is -9.82. The summed E-state index contributed by atoms with van der Waals surface area (Å²) < 4.78 is 21.7. The Bertz CT molecular complexity index is 297. The Morgan fingerprint density at radius 1 is 1.19 bits per heavy atom. The maximum absolute atomic E-state index is 10.9. The molecule has 0 aromatic carbocycles. The lowest BCUT2D eigenvalue weighted by atomic mass is 10.0. The van der Waals surface area contributed by atoms with Crippen LogP contribution in [0, 0.1) is 0 Å². The molecule has 5 N–H and O–H groups in total. The second kappa shape index (κ2) is 5.46. The molecule has 0 saturated heterocycles. The van der Waals surface area contributed by atoms with Crippen molar-refractivity contribution in [3.63, 3.8) is 0 Å². The fourth-order valence-corrected chi connectivity index (χ4v) is 3.67. The minimum absolute atomic E-state index is 0.192. The van der Waals surface area contributed by atoms with Crippen molar-refractivity contribution in [1.82, 2.24) is 0 Å². The summed E-state index contributed by atoms with van der Waals surface area (Å²) in [5, 5.41) is 7.38. The van der Waals surface area contributed by atoms with Crippen molar-refractivity contribution < 1.29 is 33.8 Å². The van der Waals surface area contributed by atoms with Gasteiger partial charge in [-0.1, -0.05) is 0 Å². The molecule has 0 aliphatic rings. The van der Waals surface area contributed by atoms with E-state index in [9.17, 15) is 14.2 Å². The Morgan fingerprint density at radius 2 is 1.56 bits per heavy atom. The highest BCUT2D eigenvalue weighted by molar-refractivity contribution is 7.70. The third-order valence-corrected chi connectivity index (χ3v) is 6.46. The van der Waals surface area contributed by atoms with E-state index in [4.69, 9.17) is 31.2 Å². The summed E-state index contributed by atoms with van der Waals surface area (Å²) in [5.74, 6) is -0.192. The Balaban J connectivity index is 4.74. The SMILES string of the molecule is CC(O)(CCl)CCC(P(=O)(O)O)P(=O)(O)O. The van der Waals surface area contributed by atoms with Gasteiger partial charge in [0.1, 0.15) is 0 Å². The van der Waals surface area contributed by atoms with E-state index in [1.165, 1.54) is 6.92 Å². The molecule has 0 amide bonds. The van der Waals surface area contributed by atoms with Crippen molar-refractivity contribution in [2.24, 2.45) is 0 Å². The predicted molar refractivity (Wildman–Crippen MR) is 58.5 cm³/mol. The molecule has 0 fully saturated rings. The molecule has 0 spiro atoms. The van der Waals surface area contributed by atoms with Crippen LogP contribution in [-0.2, 0) is 9.13 Å². The van der Waals surface area contributed by atoms with Crippen LogP contribution in [0.4, 0.5) is 0 Å². The van der Waals surface area contributed by atoms with E-state index < -0.39 is 32.6 Å². The van der Waals surface area contributed by atoms with Crippen molar-refractivity contribution in [3.8, 4) is 0 Å². The molecule has 0 aromatic rings. The van der Waals surface area contributed by atoms with E-state index in [1.54, 1.807) is 0 Å². The van der Waals surface area contributed by atoms with E-state index in [1.807, 2.05) is 0 Å². The number of hydrogen-bond acceptors (Lipinski definition) is 3. The van der Waals surface area contributed by atoms with Gasteiger partial charge in [0, 0.05) is 0 Å². The van der Waals surface area contributed by atoms with Gasteiger partial charge in [0.15, 0.2) is 5.40 Å². The zero-order valence-corrected chi connectivity index (χ0v) is 11.1. The van der Waals surface area contributed by atoms with Crippen LogP contribution < -0.4 is 0 Å². The van der Waals surface area contributed by atoms with Gasteiger partial charge < -0.3 is 24.7 Å². The first-order valence-corrected chi connectivity index (χ1v) is 8.19. The first-order valence-electron chi connectivity index (χ1n) is 4.29. The first-order chi connectivity index (χ1) is 6.90. The quantitative estimate of drug-likeness (QED) is 0.354. The maximum Gasteiger partial charge on any atom is 0.340 e. The highest BCUT2D eigenvalue weighted by Crippen LogP contribution is 2.61. The molecule has 0 rings (SSSR count). The lowest BCUT2D eigenvalue weighted by molar-refractivity contribution is 0.0727. The molecule has 0 heterocycles. The largest absolute Gasteiger partial charge is 0.389 e. The van der Waals surface area contributed by atoms with Gasteiger partial charge in [0.05, 0.1) is 11.5 Å². The minimum atomic E-state index is -4.91. The predicted octanol–water partition coefficient (Wildman–Crippen LogP) is 0.438. The Kier molecular flexibility index (Phi) is 5.65. The van der Waals surface area contributed by atoms with E-state index in [0.29, 0.717) is 0 Å². The molecule has 98 valence electrons. The lowest BCUT2D eigenvalue weighted by Crippen LogP contribution is -2.28. The monoisotopic (exact) mass is 296 g/mol. The van der Waals surface area contributed by atoms with Crippen LogP contribution in [0.5, 0.6) is 0 Å². The fourth-order valence-electron chi connectivity index (χ4n) is 1.04. The van der Waals surface area contributed by atoms with Gasteiger partial charge in [-0.3, -0.25) is 9.13 Å². The normalized spacial score (nSPS) is 17.5. The fraction of sp³-hybridized carbons (Fsp3) is 1.00. The minimum Gasteiger partial charge on any atom is -0.389 e. The topological polar surface area (TPSA) is 135 Å². The van der Waals surface area contributed by atoms with E-state index in [0.717, 1.165) is 0 Å². The summed E-state index contributed by atoms with van der Waals surface area (Å²) >= 11 is 5.37. The second-order valence-corrected chi connectivity index (χ2v) is 8.11. The zero-order valence-electron chi connectivity index (χ0n) is 8.52. The molecule has 1 unspecified atom stereocenters. The van der Waals surface area contributed by atoms with Gasteiger partial charge in [-0.25, -0.2) is 0 Å². The molecule has 0 aliphatic carbocycles. The average molecular weight is 297 g/mol. The van der Waals surface area contributed by atoms with E-state index in [2.05, 4.69) is 0 Å². The molecule has 0 bridgehead atoms. The van der Waals surface area contributed by atoms with Gasteiger partial charge in [-0.2, -0.15) is 0 Å². The molecule has 0 saturated carbocycles. The van der Waals surface area contributed by atoms with E-state index in [-0.39, 0.29) is 12.3 Å².